The van der Waals surface area contributed by atoms with Crippen molar-refractivity contribution in [2.45, 2.75) is 13.8 Å². The predicted molar refractivity (Wildman–Crippen MR) is 136 cm³/mol. The summed E-state index contributed by atoms with van der Waals surface area (Å²) in [6.07, 6.45) is 0. The molecule has 0 atom stereocenters. The number of benzene rings is 3. The summed E-state index contributed by atoms with van der Waals surface area (Å²) >= 11 is 6.25. The van der Waals surface area contributed by atoms with E-state index in [2.05, 4.69) is 5.32 Å². The Balaban J connectivity index is 1.52. The van der Waals surface area contributed by atoms with Crippen LogP contribution in [0.15, 0.2) is 71.4 Å². The van der Waals surface area contributed by atoms with Crippen LogP contribution in [0.4, 0.5) is 11.4 Å². The molecule has 0 aromatic heterocycles. The van der Waals surface area contributed by atoms with Crippen LogP contribution >= 0.6 is 11.6 Å². The van der Waals surface area contributed by atoms with Crippen molar-refractivity contribution in [2.75, 3.05) is 24.4 Å². The molecule has 9 heteroatoms. The van der Waals surface area contributed by atoms with Gasteiger partial charge in [0, 0.05) is 11.8 Å². The fourth-order valence-corrected chi connectivity index (χ4v) is 3.84. The number of rotatable bonds is 7. The van der Waals surface area contributed by atoms with Crippen molar-refractivity contribution in [1.82, 2.24) is 0 Å². The van der Waals surface area contributed by atoms with E-state index in [1.54, 1.807) is 42.5 Å². The summed E-state index contributed by atoms with van der Waals surface area (Å²) in [6.45, 7) is 3.82. The quantitative estimate of drug-likeness (QED) is 0.274. The number of hydrogen-bond acceptors (Lipinski definition) is 7. The van der Waals surface area contributed by atoms with Crippen molar-refractivity contribution < 1.29 is 28.6 Å². The summed E-state index contributed by atoms with van der Waals surface area (Å²) in [7, 11) is 2.90. The van der Waals surface area contributed by atoms with E-state index in [9.17, 15) is 14.4 Å². The molecule has 3 aromatic rings. The van der Waals surface area contributed by atoms with Crippen molar-refractivity contribution >= 4 is 40.8 Å². The molecule has 8 nitrogen and oxygen atoms in total. The highest BCUT2D eigenvalue weighted by atomic mass is 35.5. The van der Waals surface area contributed by atoms with Crippen molar-refractivity contribution in [1.29, 1.82) is 0 Å². The number of ether oxygens (including phenoxy) is 3. The molecule has 0 aliphatic carbocycles. The first-order valence-corrected chi connectivity index (χ1v) is 11.3. The third kappa shape index (κ3) is 4.63. The molecule has 0 saturated heterocycles. The van der Waals surface area contributed by atoms with Gasteiger partial charge in [0.1, 0.15) is 28.0 Å². The summed E-state index contributed by atoms with van der Waals surface area (Å²) in [6, 6.07) is 16.5. The monoisotopic (exact) mass is 506 g/mol. The van der Waals surface area contributed by atoms with E-state index < -0.39 is 17.8 Å². The van der Waals surface area contributed by atoms with Crippen molar-refractivity contribution in [3.63, 3.8) is 0 Å². The van der Waals surface area contributed by atoms with E-state index in [4.69, 9.17) is 25.8 Å². The largest absolute Gasteiger partial charge is 0.497 e. The SMILES string of the molecule is COc1ccc(OC)c(N2C(=O)C(Cl)=C(Nc3ccc(C(=O)Oc4cccc(C)c4C)cc3)C2=O)c1. The first kappa shape index (κ1) is 24.8. The number of halogens is 1. The average molecular weight is 507 g/mol. The number of carbonyl (C=O) groups excluding carboxylic acids is 3. The summed E-state index contributed by atoms with van der Waals surface area (Å²) < 4.78 is 16.0. The van der Waals surface area contributed by atoms with Gasteiger partial charge in [-0.3, -0.25) is 9.59 Å². The van der Waals surface area contributed by atoms with E-state index in [1.165, 1.54) is 20.3 Å². The number of nitrogens with one attached hydrogen (secondary N) is 1. The van der Waals surface area contributed by atoms with Gasteiger partial charge in [-0.15, -0.1) is 0 Å². The van der Waals surface area contributed by atoms with Crippen LogP contribution in [0.5, 0.6) is 17.2 Å². The van der Waals surface area contributed by atoms with Crippen molar-refractivity contribution in [3.05, 3.63) is 88.1 Å². The second kappa shape index (κ2) is 10.1. The normalized spacial score (nSPS) is 13.2. The molecule has 0 fully saturated rings. The molecule has 0 saturated carbocycles. The molecular weight excluding hydrogens is 484 g/mol. The molecule has 0 spiro atoms. The van der Waals surface area contributed by atoms with Crippen LogP contribution in [0.25, 0.3) is 0 Å². The highest BCUT2D eigenvalue weighted by Crippen LogP contribution is 2.38. The molecule has 1 heterocycles. The Bertz CT molecular complexity index is 1400. The number of aryl methyl sites for hydroxylation is 1. The lowest BCUT2D eigenvalue weighted by Crippen LogP contribution is -2.32. The molecule has 2 amide bonds. The Kier molecular flexibility index (Phi) is 6.98. The topological polar surface area (TPSA) is 94.2 Å². The summed E-state index contributed by atoms with van der Waals surface area (Å²) in [4.78, 5) is 39.5. The van der Waals surface area contributed by atoms with Crippen LogP contribution in [0.2, 0.25) is 0 Å². The number of methoxy groups -OCH3 is 2. The number of hydrogen-bond donors (Lipinski definition) is 1. The first-order chi connectivity index (χ1) is 17.2. The summed E-state index contributed by atoms with van der Waals surface area (Å²) in [5.41, 5.74) is 2.77. The number of anilines is 2. The number of amides is 2. The number of nitrogens with zero attached hydrogens (tertiary/aromatic N) is 1. The second-order valence-corrected chi connectivity index (χ2v) is 8.34. The summed E-state index contributed by atoms with van der Waals surface area (Å²) in [5.74, 6) is -0.653. The maximum Gasteiger partial charge on any atom is 0.343 e. The van der Waals surface area contributed by atoms with Gasteiger partial charge in [-0.1, -0.05) is 23.7 Å². The lowest BCUT2D eigenvalue weighted by Gasteiger charge is -2.19. The Morgan fingerprint density at radius 2 is 1.61 bits per heavy atom. The van der Waals surface area contributed by atoms with Gasteiger partial charge in [-0.05, 0) is 67.4 Å². The standard InChI is InChI=1S/C27H23ClN2O6/c1-15-6-5-7-21(16(15)2)36-27(33)17-8-10-18(11-9-17)29-24-23(28)25(31)30(26(24)32)20-14-19(34-3)12-13-22(20)35-4/h5-14,29H,1-4H3. The fraction of sp³-hybridized carbons (Fsp3) is 0.148. The van der Waals surface area contributed by atoms with Gasteiger partial charge in [0.25, 0.3) is 11.8 Å². The minimum atomic E-state index is -0.704. The molecule has 0 unspecified atom stereocenters. The van der Waals surface area contributed by atoms with Gasteiger partial charge < -0.3 is 19.5 Å². The van der Waals surface area contributed by atoms with Crippen LogP contribution in [-0.2, 0) is 9.59 Å². The van der Waals surface area contributed by atoms with Crippen molar-refractivity contribution in [2.24, 2.45) is 0 Å². The van der Waals surface area contributed by atoms with Crippen LogP contribution in [0.1, 0.15) is 21.5 Å². The van der Waals surface area contributed by atoms with Crippen molar-refractivity contribution in [3.8, 4) is 17.2 Å². The smallest absolute Gasteiger partial charge is 0.343 e. The third-order valence-corrected chi connectivity index (χ3v) is 6.15. The first-order valence-electron chi connectivity index (χ1n) is 10.9. The molecule has 36 heavy (non-hydrogen) atoms. The zero-order valence-electron chi connectivity index (χ0n) is 20.0. The second-order valence-electron chi connectivity index (χ2n) is 7.96. The molecule has 1 aliphatic heterocycles. The molecule has 3 aromatic carbocycles. The molecule has 0 radical (unpaired) electrons. The fourth-order valence-electron chi connectivity index (χ4n) is 3.63. The highest BCUT2D eigenvalue weighted by molar-refractivity contribution is 6.53. The van der Waals surface area contributed by atoms with E-state index in [0.29, 0.717) is 28.5 Å². The predicted octanol–water partition coefficient (Wildman–Crippen LogP) is 4.98. The minimum absolute atomic E-state index is 0.0998. The maximum atomic E-state index is 13.2. The Morgan fingerprint density at radius 1 is 0.889 bits per heavy atom. The zero-order chi connectivity index (χ0) is 26.0. The van der Waals surface area contributed by atoms with Crippen LogP contribution in [-0.4, -0.2) is 32.0 Å². The zero-order valence-corrected chi connectivity index (χ0v) is 20.8. The molecule has 4 rings (SSSR count). The van der Waals surface area contributed by atoms with E-state index in [-0.39, 0.29) is 16.4 Å². The van der Waals surface area contributed by atoms with Gasteiger partial charge >= 0.3 is 5.97 Å². The maximum absolute atomic E-state index is 13.2. The van der Waals surface area contributed by atoms with E-state index in [1.807, 2.05) is 26.0 Å². The molecular formula is C27H23ClN2O6. The molecule has 1 N–H and O–H groups in total. The van der Waals surface area contributed by atoms with E-state index in [0.717, 1.165) is 16.0 Å². The Hall–Kier alpha value is -4.30. The van der Waals surface area contributed by atoms with Gasteiger partial charge in [-0.2, -0.15) is 0 Å². The van der Waals surface area contributed by atoms with Crippen LogP contribution in [0, 0.1) is 13.8 Å². The lowest BCUT2D eigenvalue weighted by atomic mass is 10.1. The van der Waals surface area contributed by atoms with Crippen LogP contribution in [0.3, 0.4) is 0 Å². The minimum Gasteiger partial charge on any atom is -0.497 e. The molecule has 0 bridgehead atoms. The number of esters is 1. The number of carbonyl (C=O) groups is 3. The molecule has 1 aliphatic rings. The third-order valence-electron chi connectivity index (χ3n) is 5.80. The Morgan fingerprint density at radius 3 is 2.28 bits per heavy atom. The summed E-state index contributed by atoms with van der Waals surface area (Å²) in [5, 5.41) is 2.61. The Labute approximate surface area is 213 Å². The number of imide groups is 1. The molecule has 184 valence electrons. The van der Waals surface area contributed by atoms with Gasteiger partial charge in [0.15, 0.2) is 0 Å². The van der Waals surface area contributed by atoms with Crippen LogP contribution < -0.4 is 24.4 Å². The van der Waals surface area contributed by atoms with E-state index >= 15 is 0 Å². The van der Waals surface area contributed by atoms with Gasteiger partial charge in [0.2, 0.25) is 0 Å². The van der Waals surface area contributed by atoms with Gasteiger partial charge in [0.05, 0.1) is 25.5 Å². The highest BCUT2D eigenvalue weighted by Gasteiger charge is 2.40. The lowest BCUT2D eigenvalue weighted by molar-refractivity contribution is -0.120. The van der Waals surface area contributed by atoms with Gasteiger partial charge in [-0.25, -0.2) is 9.69 Å². The average Bonchev–Trinajstić information content (AvgIpc) is 3.09.